The van der Waals surface area contributed by atoms with Gasteiger partial charge in [0.1, 0.15) is 23.2 Å². The van der Waals surface area contributed by atoms with Crippen LogP contribution in [0, 0.1) is 0 Å². The van der Waals surface area contributed by atoms with Gasteiger partial charge in [-0.15, -0.1) is 0 Å². The zero-order valence-electron chi connectivity index (χ0n) is 21.6. The number of nitrogens with one attached hydrogen (secondary N) is 1. The van der Waals surface area contributed by atoms with E-state index >= 15 is 0 Å². The normalized spacial score (nSPS) is 22.1. The number of allylic oxidation sites excluding steroid dienone is 3. The molecule has 37 heavy (non-hydrogen) atoms. The number of amides is 1. The molecule has 2 heterocycles. The Labute approximate surface area is 223 Å². The summed E-state index contributed by atoms with van der Waals surface area (Å²) in [6.07, 6.45) is 13.7. The molecule has 1 aromatic carbocycles. The number of carbonyl (C=O) groups excluding carboxylic acids is 2. The number of aromatic hydroxyl groups is 2. The van der Waals surface area contributed by atoms with Crippen molar-refractivity contribution < 1.29 is 29.4 Å². The lowest BCUT2D eigenvalue weighted by Gasteiger charge is -2.26. The van der Waals surface area contributed by atoms with Crippen LogP contribution >= 0.6 is 11.6 Å². The van der Waals surface area contributed by atoms with Crippen LogP contribution in [-0.2, 0) is 14.4 Å². The summed E-state index contributed by atoms with van der Waals surface area (Å²) in [6.45, 7) is 5.25. The van der Waals surface area contributed by atoms with Gasteiger partial charge < -0.3 is 19.8 Å². The van der Waals surface area contributed by atoms with Crippen molar-refractivity contribution in [1.29, 1.82) is 0 Å². The van der Waals surface area contributed by atoms with Crippen LogP contribution < -0.4 is 5.48 Å². The van der Waals surface area contributed by atoms with Crippen molar-refractivity contribution in [1.82, 2.24) is 10.4 Å². The highest BCUT2D eigenvalue weighted by Crippen LogP contribution is 2.38. The maximum atomic E-state index is 13.2. The van der Waals surface area contributed by atoms with Crippen molar-refractivity contribution in [2.75, 3.05) is 19.7 Å². The maximum Gasteiger partial charge on any atom is 0.342 e. The van der Waals surface area contributed by atoms with Crippen LogP contribution in [0.15, 0.2) is 35.6 Å². The number of halogens is 1. The molecule has 2 aliphatic rings. The average Bonchev–Trinajstić information content (AvgIpc) is 2.86. The summed E-state index contributed by atoms with van der Waals surface area (Å²) < 4.78 is 5.74. The Morgan fingerprint density at radius 3 is 2.68 bits per heavy atom. The molecular formula is C28H37ClN2O6. The number of hydrogen-bond donors (Lipinski definition) is 3. The van der Waals surface area contributed by atoms with Gasteiger partial charge in [-0.2, -0.15) is 0 Å². The molecular weight excluding hydrogens is 496 g/mol. The summed E-state index contributed by atoms with van der Waals surface area (Å²) >= 11 is 6.41. The van der Waals surface area contributed by atoms with Gasteiger partial charge in [0, 0.05) is 31.1 Å². The van der Waals surface area contributed by atoms with Crippen molar-refractivity contribution in [3.8, 4) is 11.5 Å². The Bertz CT molecular complexity index is 1060. The second-order valence-electron chi connectivity index (χ2n) is 9.50. The number of rotatable bonds is 6. The van der Waals surface area contributed by atoms with Gasteiger partial charge in [0.2, 0.25) is 0 Å². The number of phenols is 2. The number of benzene rings is 1. The van der Waals surface area contributed by atoms with Crippen LogP contribution in [-0.4, -0.2) is 52.8 Å². The molecule has 8 nitrogen and oxygen atoms in total. The molecule has 1 saturated heterocycles. The predicted molar refractivity (Wildman–Crippen MR) is 143 cm³/mol. The van der Waals surface area contributed by atoms with E-state index in [0.29, 0.717) is 18.5 Å². The molecule has 1 aromatic rings. The van der Waals surface area contributed by atoms with E-state index in [9.17, 15) is 19.8 Å². The third kappa shape index (κ3) is 8.27. The number of phenolic OH excluding ortho intramolecular Hbond substituents is 2. The first-order valence-corrected chi connectivity index (χ1v) is 13.3. The molecule has 0 bridgehead atoms. The Morgan fingerprint density at radius 1 is 1.19 bits per heavy atom. The number of carbonyl (C=O) groups is 2. The Morgan fingerprint density at radius 2 is 1.95 bits per heavy atom. The smallest absolute Gasteiger partial charge is 0.342 e. The van der Waals surface area contributed by atoms with Gasteiger partial charge in [0.25, 0.3) is 5.91 Å². The first-order chi connectivity index (χ1) is 17.8. The second kappa shape index (κ2) is 14.1. The average molecular weight is 533 g/mol. The number of esters is 1. The minimum Gasteiger partial charge on any atom is -0.507 e. The predicted octanol–water partition coefficient (Wildman–Crippen LogP) is 5.64. The molecule has 1 fully saturated rings. The number of hydrogen-bond acceptors (Lipinski definition) is 7. The third-order valence-electron chi connectivity index (χ3n) is 6.42. The summed E-state index contributed by atoms with van der Waals surface area (Å²) in [5, 5.41) is 20.8. The number of likely N-dealkylation sites (tertiary alicyclic amines) is 1. The zero-order valence-corrected chi connectivity index (χ0v) is 22.4. The van der Waals surface area contributed by atoms with Crippen LogP contribution in [0.3, 0.4) is 0 Å². The molecule has 0 radical (unpaired) electrons. The summed E-state index contributed by atoms with van der Waals surface area (Å²) in [5.74, 6) is -1.68. The number of cyclic esters (lactones) is 1. The highest BCUT2D eigenvalue weighted by atomic mass is 35.5. The first kappa shape index (κ1) is 28.6. The molecule has 0 saturated carbocycles. The van der Waals surface area contributed by atoms with E-state index in [0.717, 1.165) is 63.3 Å². The number of fused-ring (bicyclic) bond motifs is 1. The lowest BCUT2D eigenvalue weighted by molar-refractivity contribution is -0.139. The fourth-order valence-corrected chi connectivity index (χ4v) is 4.65. The van der Waals surface area contributed by atoms with Crippen molar-refractivity contribution in [2.24, 2.45) is 0 Å². The SMILES string of the molecule is CCCC1CC=CCC/C(C)=C/C(NOCC(=O)N2CCCCC2)=C/c2c(Cl)c(O)cc(O)c2C(=O)O1. The highest BCUT2D eigenvalue weighted by molar-refractivity contribution is 6.34. The number of piperidine rings is 1. The van der Waals surface area contributed by atoms with Crippen LogP contribution in [0.25, 0.3) is 6.08 Å². The van der Waals surface area contributed by atoms with E-state index in [4.69, 9.17) is 21.2 Å². The summed E-state index contributed by atoms with van der Waals surface area (Å²) in [4.78, 5) is 33.0. The second-order valence-corrected chi connectivity index (χ2v) is 9.88. The van der Waals surface area contributed by atoms with Crippen molar-refractivity contribution >= 4 is 29.6 Å². The molecule has 0 aromatic heterocycles. The number of hydroxylamine groups is 1. The third-order valence-corrected chi connectivity index (χ3v) is 6.81. The monoisotopic (exact) mass is 532 g/mol. The van der Waals surface area contributed by atoms with E-state index in [1.54, 1.807) is 4.90 Å². The van der Waals surface area contributed by atoms with E-state index in [1.165, 1.54) is 6.08 Å². The largest absolute Gasteiger partial charge is 0.507 e. The summed E-state index contributed by atoms with van der Waals surface area (Å²) in [7, 11) is 0. The molecule has 1 amide bonds. The van der Waals surface area contributed by atoms with Gasteiger partial charge in [-0.3, -0.25) is 15.1 Å². The Kier molecular flexibility index (Phi) is 10.9. The molecule has 0 aliphatic carbocycles. The minimum absolute atomic E-state index is 0.0875. The van der Waals surface area contributed by atoms with Gasteiger partial charge >= 0.3 is 5.97 Å². The lowest BCUT2D eigenvalue weighted by Crippen LogP contribution is -2.39. The molecule has 3 rings (SSSR count). The fourth-order valence-electron chi connectivity index (χ4n) is 4.44. The van der Waals surface area contributed by atoms with Crippen molar-refractivity contribution in [3.05, 3.63) is 51.7 Å². The van der Waals surface area contributed by atoms with Gasteiger partial charge in [-0.1, -0.05) is 42.7 Å². The number of nitrogens with zero attached hydrogens (tertiary/aromatic N) is 1. The molecule has 1 atom stereocenters. The van der Waals surface area contributed by atoms with Gasteiger partial charge in [-0.25, -0.2) is 4.79 Å². The van der Waals surface area contributed by atoms with Gasteiger partial charge in [0.15, 0.2) is 6.61 Å². The molecule has 2 aliphatic heterocycles. The van der Waals surface area contributed by atoms with E-state index in [1.807, 2.05) is 26.0 Å². The van der Waals surface area contributed by atoms with Crippen LogP contribution in [0.5, 0.6) is 11.5 Å². The van der Waals surface area contributed by atoms with Crippen molar-refractivity contribution in [3.63, 3.8) is 0 Å². The minimum atomic E-state index is -0.740. The topological polar surface area (TPSA) is 108 Å². The summed E-state index contributed by atoms with van der Waals surface area (Å²) in [6, 6.07) is 1.02. The maximum absolute atomic E-state index is 13.2. The van der Waals surface area contributed by atoms with E-state index < -0.39 is 11.7 Å². The van der Waals surface area contributed by atoms with Crippen LogP contribution in [0.2, 0.25) is 5.02 Å². The molecule has 0 spiro atoms. The quantitative estimate of drug-likeness (QED) is 0.247. The molecule has 1 unspecified atom stereocenters. The standard InChI is InChI=1S/C28H37ClN2O6/c1-3-10-21-12-7-4-6-11-19(2)15-20(30-36-18-25(34)31-13-8-5-9-14-31)16-22-26(28(35)37-21)23(32)17-24(33)27(22)29/h4,7,15-17,21,30,32-33H,3,5-6,8-14,18H2,1-2H3/b7-4?,19-15+,20-16-. The summed E-state index contributed by atoms with van der Waals surface area (Å²) in [5.41, 5.74) is 4.15. The highest BCUT2D eigenvalue weighted by Gasteiger charge is 2.25. The van der Waals surface area contributed by atoms with Crippen LogP contribution in [0.1, 0.15) is 81.1 Å². The van der Waals surface area contributed by atoms with Crippen molar-refractivity contribution in [2.45, 2.75) is 71.3 Å². The molecule has 9 heteroatoms. The van der Waals surface area contributed by atoms with E-state index in [2.05, 4.69) is 11.6 Å². The lowest BCUT2D eigenvalue weighted by atomic mass is 10.0. The van der Waals surface area contributed by atoms with E-state index in [-0.39, 0.29) is 40.5 Å². The fraction of sp³-hybridized carbons (Fsp3) is 0.500. The first-order valence-electron chi connectivity index (χ1n) is 12.9. The molecule has 3 N–H and O–H groups in total. The Hall–Kier alpha value is -2.97. The van der Waals surface area contributed by atoms with Crippen LogP contribution in [0.4, 0.5) is 0 Å². The number of ether oxygens (including phenoxy) is 1. The zero-order chi connectivity index (χ0) is 26.8. The Balaban J connectivity index is 1.95. The molecule has 202 valence electrons. The van der Waals surface area contributed by atoms with Gasteiger partial charge in [0.05, 0.1) is 10.7 Å². The van der Waals surface area contributed by atoms with Gasteiger partial charge in [-0.05, 0) is 57.6 Å².